The molecular formula is C12H22N2O3. The Bertz CT molecular complexity index is 297. The van der Waals surface area contributed by atoms with Gasteiger partial charge in [0.25, 0.3) is 0 Å². The quantitative estimate of drug-likeness (QED) is 0.663. The number of nitrogens with zero attached hydrogens (tertiary/aromatic N) is 1. The molecule has 2 saturated heterocycles. The van der Waals surface area contributed by atoms with Crippen LogP contribution in [0, 0.1) is 5.92 Å². The number of piperidine rings is 2. The van der Waals surface area contributed by atoms with Crippen molar-refractivity contribution in [3.63, 3.8) is 0 Å². The first-order valence-electron chi connectivity index (χ1n) is 6.41. The molecule has 2 bridgehead atoms. The highest BCUT2D eigenvalue weighted by Crippen LogP contribution is 2.41. The van der Waals surface area contributed by atoms with Crippen LogP contribution >= 0.6 is 0 Å². The number of rotatable bonds is 4. The number of fused-ring (bicyclic) bond motifs is 3. The number of carbonyl (C=O) groups excluding carboxylic acids is 1. The normalized spacial score (nSPS) is 37.1. The number of aliphatic hydroxyl groups is 1. The largest absolute Gasteiger partial charge is 0.465 e. The van der Waals surface area contributed by atoms with E-state index in [0.717, 1.165) is 19.4 Å². The molecule has 2 heterocycles. The Labute approximate surface area is 102 Å². The minimum atomic E-state index is -0.714. The lowest BCUT2D eigenvalue weighted by Crippen LogP contribution is -2.63. The second-order valence-electron chi connectivity index (χ2n) is 5.17. The van der Waals surface area contributed by atoms with Crippen LogP contribution in [-0.4, -0.2) is 53.9 Å². The lowest BCUT2D eigenvalue weighted by atomic mass is 9.69. The van der Waals surface area contributed by atoms with Crippen molar-refractivity contribution in [2.75, 3.05) is 26.2 Å². The predicted octanol–water partition coefficient (Wildman–Crippen LogP) is -0.276. The highest BCUT2D eigenvalue weighted by molar-refractivity contribution is 5.71. The van der Waals surface area contributed by atoms with Gasteiger partial charge in [-0.3, -0.25) is 9.69 Å². The average molecular weight is 242 g/mol. The first-order chi connectivity index (χ1) is 8.09. The molecule has 3 aliphatic rings. The van der Waals surface area contributed by atoms with E-state index < -0.39 is 5.60 Å². The van der Waals surface area contributed by atoms with Crippen molar-refractivity contribution in [2.24, 2.45) is 11.7 Å². The molecule has 0 aromatic heterocycles. The Morgan fingerprint density at radius 3 is 2.88 bits per heavy atom. The van der Waals surface area contributed by atoms with Crippen LogP contribution in [0.15, 0.2) is 0 Å². The number of hydrogen-bond acceptors (Lipinski definition) is 5. The molecule has 17 heavy (non-hydrogen) atoms. The van der Waals surface area contributed by atoms with E-state index in [1.165, 1.54) is 0 Å². The van der Waals surface area contributed by atoms with Gasteiger partial charge >= 0.3 is 5.97 Å². The van der Waals surface area contributed by atoms with E-state index in [9.17, 15) is 9.90 Å². The van der Waals surface area contributed by atoms with Crippen LogP contribution in [0.1, 0.15) is 26.2 Å². The molecule has 0 aromatic carbocycles. The van der Waals surface area contributed by atoms with Gasteiger partial charge in [0.2, 0.25) is 0 Å². The first-order valence-corrected chi connectivity index (χ1v) is 6.41. The minimum Gasteiger partial charge on any atom is -0.465 e. The third-order valence-corrected chi connectivity index (χ3v) is 4.16. The van der Waals surface area contributed by atoms with Crippen molar-refractivity contribution in [3.8, 4) is 0 Å². The van der Waals surface area contributed by atoms with Gasteiger partial charge in [0.05, 0.1) is 18.8 Å². The molecule has 3 atom stereocenters. The first kappa shape index (κ1) is 12.8. The molecule has 5 nitrogen and oxygen atoms in total. The van der Waals surface area contributed by atoms with Crippen molar-refractivity contribution in [1.29, 1.82) is 0 Å². The summed E-state index contributed by atoms with van der Waals surface area (Å²) in [5.74, 6) is 0.0308. The highest BCUT2D eigenvalue weighted by atomic mass is 16.5. The van der Waals surface area contributed by atoms with Crippen molar-refractivity contribution in [1.82, 2.24) is 4.90 Å². The minimum absolute atomic E-state index is 0.170. The summed E-state index contributed by atoms with van der Waals surface area (Å²) in [4.78, 5) is 13.6. The fourth-order valence-electron chi connectivity index (χ4n) is 3.16. The zero-order valence-electron chi connectivity index (χ0n) is 10.4. The fraction of sp³-hybridized carbons (Fsp3) is 0.917. The Kier molecular flexibility index (Phi) is 3.70. The third-order valence-electron chi connectivity index (χ3n) is 4.16. The summed E-state index contributed by atoms with van der Waals surface area (Å²) in [6.45, 7) is 3.66. The lowest BCUT2D eigenvalue weighted by Gasteiger charge is -2.53. The molecule has 5 heteroatoms. The fourth-order valence-corrected chi connectivity index (χ4v) is 3.16. The molecule has 0 aromatic rings. The SMILES string of the molecule is CCOC(=O)CN1CC2CCC1CC2(O)CN. The van der Waals surface area contributed by atoms with Crippen LogP contribution in [0.4, 0.5) is 0 Å². The molecule has 0 radical (unpaired) electrons. The van der Waals surface area contributed by atoms with E-state index >= 15 is 0 Å². The van der Waals surface area contributed by atoms with Crippen molar-refractivity contribution >= 4 is 5.97 Å². The van der Waals surface area contributed by atoms with Crippen LogP contribution in [0.25, 0.3) is 0 Å². The van der Waals surface area contributed by atoms with Crippen molar-refractivity contribution in [2.45, 2.75) is 37.8 Å². The summed E-state index contributed by atoms with van der Waals surface area (Å²) in [5, 5.41) is 10.4. The number of hydrogen-bond donors (Lipinski definition) is 2. The third kappa shape index (κ3) is 2.46. The molecule has 3 rings (SSSR count). The maximum Gasteiger partial charge on any atom is 0.320 e. The monoisotopic (exact) mass is 242 g/mol. The van der Waals surface area contributed by atoms with Gasteiger partial charge < -0.3 is 15.6 Å². The van der Waals surface area contributed by atoms with Crippen LogP contribution in [0.2, 0.25) is 0 Å². The topological polar surface area (TPSA) is 75.8 Å². The molecule has 1 aliphatic carbocycles. The maximum atomic E-state index is 11.5. The molecule has 0 amide bonds. The smallest absolute Gasteiger partial charge is 0.320 e. The molecule has 3 fully saturated rings. The zero-order valence-corrected chi connectivity index (χ0v) is 10.4. The molecule has 3 N–H and O–H groups in total. The van der Waals surface area contributed by atoms with Gasteiger partial charge in [-0.1, -0.05) is 0 Å². The second-order valence-corrected chi connectivity index (χ2v) is 5.17. The van der Waals surface area contributed by atoms with E-state index in [1.54, 1.807) is 0 Å². The van der Waals surface area contributed by atoms with Gasteiger partial charge in [-0.2, -0.15) is 0 Å². The highest BCUT2D eigenvalue weighted by Gasteiger charge is 2.48. The van der Waals surface area contributed by atoms with Crippen LogP contribution in [0.5, 0.6) is 0 Å². The number of ether oxygens (including phenoxy) is 1. The molecule has 1 saturated carbocycles. The van der Waals surface area contributed by atoms with E-state index in [1.807, 2.05) is 6.92 Å². The van der Waals surface area contributed by atoms with Gasteiger partial charge in [0.15, 0.2) is 0 Å². The summed E-state index contributed by atoms with van der Waals surface area (Å²) < 4.78 is 4.96. The Balaban J connectivity index is 1.95. The molecule has 2 aliphatic heterocycles. The summed E-state index contributed by atoms with van der Waals surface area (Å²) in [6, 6.07) is 0.276. The summed E-state index contributed by atoms with van der Waals surface area (Å²) >= 11 is 0. The van der Waals surface area contributed by atoms with Gasteiger partial charge in [-0.15, -0.1) is 0 Å². The van der Waals surface area contributed by atoms with Gasteiger partial charge in [-0.05, 0) is 26.2 Å². The van der Waals surface area contributed by atoms with Gasteiger partial charge in [0.1, 0.15) is 0 Å². The van der Waals surface area contributed by atoms with Crippen molar-refractivity contribution < 1.29 is 14.6 Å². The number of carbonyl (C=O) groups is 1. The standard InChI is InChI=1S/C12H22N2O3/c1-2-17-11(15)7-14-6-9-3-4-10(14)5-12(9,16)8-13/h9-10,16H,2-8,13H2,1H3. The van der Waals surface area contributed by atoms with E-state index in [0.29, 0.717) is 26.1 Å². The summed E-state index contributed by atoms with van der Waals surface area (Å²) in [6.07, 6.45) is 2.75. The average Bonchev–Trinajstić information content (AvgIpc) is 2.31. The van der Waals surface area contributed by atoms with E-state index in [-0.39, 0.29) is 17.9 Å². The van der Waals surface area contributed by atoms with Crippen molar-refractivity contribution in [3.05, 3.63) is 0 Å². The van der Waals surface area contributed by atoms with E-state index in [2.05, 4.69) is 4.90 Å². The molecule has 3 unspecified atom stereocenters. The van der Waals surface area contributed by atoms with Gasteiger partial charge in [0, 0.05) is 25.0 Å². The maximum absolute atomic E-state index is 11.5. The molecule has 0 spiro atoms. The second kappa shape index (κ2) is 4.92. The lowest BCUT2D eigenvalue weighted by molar-refractivity contribution is -0.154. The van der Waals surface area contributed by atoms with Crippen LogP contribution in [0.3, 0.4) is 0 Å². The van der Waals surface area contributed by atoms with Gasteiger partial charge in [-0.25, -0.2) is 0 Å². The summed E-state index contributed by atoms with van der Waals surface area (Å²) in [5.41, 5.74) is 4.94. The number of nitrogens with two attached hydrogens (primary N) is 1. The molecular weight excluding hydrogens is 220 g/mol. The Morgan fingerprint density at radius 1 is 1.59 bits per heavy atom. The Hall–Kier alpha value is -0.650. The summed E-state index contributed by atoms with van der Waals surface area (Å²) in [7, 11) is 0. The Morgan fingerprint density at radius 2 is 2.35 bits per heavy atom. The van der Waals surface area contributed by atoms with E-state index in [4.69, 9.17) is 10.5 Å². The predicted molar refractivity (Wildman–Crippen MR) is 63.3 cm³/mol. The molecule has 98 valence electrons. The van der Waals surface area contributed by atoms with Crippen LogP contribution < -0.4 is 5.73 Å². The number of esters is 1. The van der Waals surface area contributed by atoms with Crippen LogP contribution in [-0.2, 0) is 9.53 Å². The zero-order chi connectivity index (χ0) is 12.5.